The van der Waals surface area contributed by atoms with E-state index in [2.05, 4.69) is 15.6 Å². The van der Waals surface area contributed by atoms with E-state index in [1.807, 2.05) is 0 Å². The molecule has 0 aliphatic carbocycles. The molecular weight excluding hydrogens is 206 g/mol. The Morgan fingerprint density at radius 2 is 2.25 bits per heavy atom. The van der Waals surface area contributed by atoms with Gasteiger partial charge in [0.2, 0.25) is 0 Å². The first-order chi connectivity index (χ1) is 7.86. The molecule has 1 atom stereocenters. The van der Waals surface area contributed by atoms with E-state index in [9.17, 15) is 0 Å². The van der Waals surface area contributed by atoms with E-state index in [-0.39, 0.29) is 0 Å². The lowest BCUT2D eigenvalue weighted by Crippen LogP contribution is -2.39. The highest BCUT2D eigenvalue weighted by atomic mass is 16.5. The molecule has 1 fully saturated rings. The molecule has 1 rings (SSSR count). The maximum atomic E-state index is 5.55. The smallest absolute Gasteiger partial charge is 0.191 e. The van der Waals surface area contributed by atoms with Crippen LogP contribution in [-0.2, 0) is 9.47 Å². The molecule has 0 aromatic rings. The number of nitrogens with zero attached hydrogens (tertiary/aromatic N) is 1. The fraction of sp³-hybridized carbons (Fsp3) is 0.909. The number of methoxy groups -OCH3 is 1. The third kappa shape index (κ3) is 5.32. The van der Waals surface area contributed by atoms with Crippen molar-refractivity contribution in [2.75, 3.05) is 40.5 Å². The Morgan fingerprint density at radius 3 is 2.88 bits per heavy atom. The second-order valence-electron chi connectivity index (χ2n) is 3.84. The summed E-state index contributed by atoms with van der Waals surface area (Å²) in [6.45, 7) is 3.28. The van der Waals surface area contributed by atoms with E-state index in [0.717, 1.165) is 32.1 Å². The SMILES string of the molecule is CN=C(NCCOC)NCCC1CCCO1. The van der Waals surface area contributed by atoms with Gasteiger partial charge in [0.25, 0.3) is 0 Å². The molecule has 5 heteroatoms. The van der Waals surface area contributed by atoms with Crippen molar-refractivity contribution in [3.05, 3.63) is 0 Å². The first-order valence-corrected chi connectivity index (χ1v) is 5.92. The number of nitrogens with one attached hydrogen (secondary N) is 2. The van der Waals surface area contributed by atoms with Crippen LogP contribution in [0.15, 0.2) is 4.99 Å². The summed E-state index contributed by atoms with van der Waals surface area (Å²) in [6, 6.07) is 0. The van der Waals surface area contributed by atoms with Gasteiger partial charge < -0.3 is 20.1 Å². The number of guanidine groups is 1. The van der Waals surface area contributed by atoms with Gasteiger partial charge in [-0.3, -0.25) is 4.99 Å². The van der Waals surface area contributed by atoms with E-state index in [4.69, 9.17) is 9.47 Å². The molecular formula is C11H23N3O2. The van der Waals surface area contributed by atoms with Crippen LogP contribution in [0, 0.1) is 0 Å². The molecule has 5 nitrogen and oxygen atoms in total. The summed E-state index contributed by atoms with van der Waals surface area (Å²) in [5, 5.41) is 6.43. The normalized spacial score (nSPS) is 21.1. The molecule has 0 bridgehead atoms. The molecule has 0 radical (unpaired) electrons. The average molecular weight is 229 g/mol. The average Bonchev–Trinajstić information content (AvgIpc) is 2.80. The van der Waals surface area contributed by atoms with Crippen LogP contribution < -0.4 is 10.6 Å². The number of hydrogen-bond donors (Lipinski definition) is 2. The Labute approximate surface area is 97.6 Å². The number of ether oxygens (including phenoxy) is 2. The van der Waals surface area contributed by atoms with E-state index < -0.39 is 0 Å². The summed E-state index contributed by atoms with van der Waals surface area (Å²) < 4.78 is 10.5. The lowest BCUT2D eigenvalue weighted by molar-refractivity contribution is 0.105. The molecule has 0 saturated carbocycles. The van der Waals surface area contributed by atoms with Crippen LogP contribution in [0.3, 0.4) is 0 Å². The van der Waals surface area contributed by atoms with Crippen molar-refractivity contribution in [1.82, 2.24) is 10.6 Å². The minimum absolute atomic E-state index is 0.435. The summed E-state index contributed by atoms with van der Waals surface area (Å²) >= 11 is 0. The van der Waals surface area contributed by atoms with E-state index in [1.54, 1.807) is 14.2 Å². The fourth-order valence-electron chi connectivity index (χ4n) is 1.72. The van der Waals surface area contributed by atoms with Crippen LogP contribution in [0.25, 0.3) is 0 Å². The van der Waals surface area contributed by atoms with Gasteiger partial charge in [-0.25, -0.2) is 0 Å². The van der Waals surface area contributed by atoms with Gasteiger partial charge in [0.15, 0.2) is 5.96 Å². The standard InChI is InChI=1S/C11H23N3O2/c1-12-11(14-7-9-15-2)13-6-5-10-4-3-8-16-10/h10H,3-9H2,1-2H3,(H2,12,13,14). The van der Waals surface area contributed by atoms with Crippen molar-refractivity contribution in [2.24, 2.45) is 4.99 Å². The maximum absolute atomic E-state index is 5.55. The largest absolute Gasteiger partial charge is 0.383 e. The van der Waals surface area contributed by atoms with E-state index >= 15 is 0 Å². The second kappa shape index (κ2) is 8.35. The van der Waals surface area contributed by atoms with Crippen molar-refractivity contribution in [1.29, 1.82) is 0 Å². The summed E-state index contributed by atoms with van der Waals surface area (Å²) in [6.07, 6.45) is 3.87. The molecule has 1 unspecified atom stereocenters. The van der Waals surface area contributed by atoms with Crippen molar-refractivity contribution >= 4 is 5.96 Å². The van der Waals surface area contributed by atoms with Gasteiger partial charge in [0.1, 0.15) is 0 Å². The van der Waals surface area contributed by atoms with Gasteiger partial charge in [-0.05, 0) is 19.3 Å². The van der Waals surface area contributed by atoms with Gasteiger partial charge >= 0.3 is 0 Å². The molecule has 0 spiro atoms. The monoisotopic (exact) mass is 229 g/mol. The highest BCUT2D eigenvalue weighted by Crippen LogP contribution is 2.14. The Hall–Kier alpha value is -0.810. The summed E-state index contributed by atoms with van der Waals surface area (Å²) in [4.78, 5) is 4.12. The molecule has 0 aromatic carbocycles. The zero-order chi connectivity index (χ0) is 11.6. The van der Waals surface area contributed by atoms with Gasteiger partial charge in [-0.15, -0.1) is 0 Å². The van der Waals surface area contributed by atoms with E-state index in [1.165, 1.54) is 12.8 Å². The molecule has 16 heavy (non-hydrogen) atoms. The number of hydrogen-bond acceptors (Lipinski definition) is 3. The van der Waals surface area contributed by atoms with Crippen LogP contribution in [0.2, 0.25) is 0 Å². The third-order valence-corrected chi connectivity index (χ3v) is 2.60. The van der Waals surface area contributed by atoms with Gasteiger partial charge in [0, 0.05) is 33.9 Å². The van der Waals surface area contributed by atoms with Crippen molar-refractivity contribution < 1.29 is 9.47 Å². The van der Waals surface area contributed by atoms with Crippen LogP contribution in [-0.4, -0.2) is 52.5 Å². The van der Waals surface area contributed by atoms with Crippen LogP contribution in [0.5, 0.6) is 0 Å². The Balaban J connectivity index is 2.04. The molecule has 2 N–H and O–H groups in total. The van der Waals surface area contributed by atoms with Crippen molar-refractivity contribution in [2.45, 2.75) is 25.4 Å². The molecule has 1 heterocycles. The minimum atomic E-state index is 0.435. The molecule has 1 aliphatic rings. The topological polar surface area (TPSA) is 54.9 Å². The van der Waals surface area contributed by atoms with Crippen molar-refractivity contribution in [3.8, 4) is 0 Å². The number of rotatable bonds is 6. The summed E-state index contributed by atoms with van der Waals surface area (Å²) in [5.74, 6) is 0.829. The van der Waals surface area contributed by atoms with Crippen molar-refractivity contribution in [3.63, 3.8) is 0 Å². The first kappa shape index (κ1) is 13.3. The lowest BCUT2D eigenvalue weighted by atomic mass is 10.2. The highest BCUT2D eigenvalue weighted by molar-refractivity contribution is 5.79. The second-order valence-corrected chi connectivity index (χ2v) is 3.84. The van der Waals surface area contributed by atoms with E-state index in [0.29, 0.717) is 12.7 Å². The molecule has 1 aliphatic heterocycles. The van der Waals surface area contributed by atoms with Crippen LogP contribution >= 0.6 is 0 Å². The molecule has 1 saturated heterocycles. The first-order valence-electron chi connectivity index (χ1n) is 5.92. The zero-order valence-corrected chi connectivity index (χ0v) is 10.3. The Kier molecular flexibility index (Phi) is 6.92. The van der Waals surface area contributed by atoms with Gasteiger partial charge in [-0.1, -0.05) is 0 Å². The van der Waals surface area contributed by atoms with Crippen LogP contribution in [0.1, 0.15) is 19.3 Å². The highest BCUT2D eigenvalue weighted by Gasteiger charge is 2.14. The molecule has 94 valence electrons. The fourth-order valence-corrected chi connectivity index (χ4v) is 1.72. The Bertz CT molecular complexity index is 203. The van der Waals surface area contributed by atoms with Gasteiger partial charge in [-0.2, -0.15) is 0 Å². The molecule has 0 amide bonds. The lowest BCUT2D eigenvalue weighted by Gasteiger charge is -2.13. The Morgan fingerprint density at radius 1 is 1.44 bits per heavy atom. The number of aliphatic imine (C=N–C) groups is 1. The van der Waals surface area contributed by atoms with Crippen LogP contribution in [0.4, 0.5) is 0 Å². The zero-order valence-electron chi connectivity index (χ0n) is 10.3. The quantitative estimate of drug-likeness (QED) is 0.392. The predicted molar refractivity (Wildman–Crippen MR) is 64.8 cm³/mol. The summed E-state index contributed by atoms with van der Waals surface area (Å²) in [5.41, 5.74) is 0. The minimum Gasteiger partial charge on any atom is -0.383 e. The maximum Gasteiger partial charge on any atom is 0.191 e. The predicted octanol–water partition coefficient (Wildman–Crippen LogP) is 0.367. The molecule has 0 aromatic heterocycles. The summed E-state index contributed by atoms with van der Waals surface area (Å²) in [7, 11) is 3.46. The third-order valence-electron chi connectivity index (χ3n) is 2.60. The van der Waals surface area contributed by atoms with Gasteiger partial charge in [0.05, 0.1) is 12.7 Å².